The first-order chi connectivity index (χ1) is 19.2. The Kier molecular flexibility index (Phi) is 6.56. The molecule has 4 heterocycles. The molecule has 1 aliphatic carbocycles. The van der Waals surface area contributed by atoms with Gasteiger partial charge in [0.2, 0.25) is 23.6 Å². The molecule has 0 unspecified atom stereocenters. The maximum Gasteiger partial charge on any atom is 0.248 e. The van der Waals surface area contributed by atoms with Gasteiger partial charge < -0.3 is 14.4 Å². The van der Waals surface area contributed by atoms with Crippen LogP contribution in [0.25, 0.3) is 11.0 Å². The van der Waals surface area contributed by atoms with Gasteiger partial charge in [-0.2, -0.15) is 5.26 Å². The van der Waals surface area contributed by atoms with Crippen molar-refractivity contribution in [3.05, 3.63) is 53.6 Å². The number of hydrogen-bond donors (Lipinski definition) is 0. The molecule has 1 spiro atoms. The van der Waals surface area contributed by atoms with Gasteiger partial charge in [-0.1, -0.05) is 18.2 Å². The van der Waals surface area contributed by atoms with Crippen molar-refractivity contribution in [2.45, 2.75) is 76.3 Å². The zero-order valence-electron chi connectivity index (χ0n) is 22.6. The van der Waals surface area contributed by atoms with Crippen LogP contribution < -0.4 is 4.90 Å². The Balaban J connectivity index is 1.32. The number of benzene rings is 1. The molecule has 10 heteroatoms. The molecule has 0 bridgehead atoms. The molecule has 1 saturated carbocycles. The summed E-state index contributed by atoms with van der Waals surface area (Å²) in [7, 11) is 0. The number of para-hydroxylation sites is 1. The Bertz CT molecular complexity index is 1510. The van der Waals surface area contributed by atoms with Gasteiger partial charge in [-0.3, -0.25) is 9.59 Å². The van der Waals surface area contributed by atoms with Gasteiger partial charge in [0.15, 0.2) is 0 Å². The van der Waals surface area contributed by atoms with Crippen molar-refractivity contribution in [3.8, 4) is 6.07 Å². The second-order valence-corrected chi connectivity index (χ2v) is 11.5. The SMILES string of the molecule is CC(=O)N1CCC2(CC1)C(=O)N(Cc1cc3cnc(C#N)nc3n1CCC1CCC(F)(F)CC1)c1ccccc12. The van der Waals surface area contributed by atoms with E-state index in [4.69, 9.17) is 0 Å². The fourth-order valence-electron chi connectivity index (χ4n) is 6.83. The van der Waals surface area contributed by atoms with Gasteiger partial charge in [0, 0.05) is 62.4 Å². The molecule has 2 amide bonds. The van der Waals surface area contributed by atoms with E-state index in [1.807, 2.05) is 45.9 Å². The monoisotopic (exact) mass is 546 g/mol. The van der Waals surface area contributed by atoms with E-state index in [0.717, 1.165) is 22.3 Å². The topological polar surface area (TPSA) is 95.1 Å². The number of anilines is 1. The number of nitrogens with zero attached hydrogens (tertiary/aromatic N) is 6. The zero-order valence-corrected chi connectivity index (χ0v) is 22.6. The minimum atomic E-state index is -2.57. The van der Waals surface area contributed by atoms with Crippen molar-refractivity contribution >= 4 is 28.5 Å². The fourth-order valence-corrected chi connectivity index (χ4v) is 6.83. The second kappa shape index (κ2) is 9.95. The summed E-state index contributed by atoms with van der Waals surface area (Å²) in [5, 5.41) is 10.2. The minimum Gasteiger partial charge on any atom is -0.343 e. The van der Waals surface area contributed by atoms with Crippen molar-refractivity contribution < 1.29 is 18.4 Å². The van der Waals surface area contributed by atoms with Crippen LogP contribution in [0.15, 0.2) is 36.5 Å². The molecule has 3 aromatic rings. The van der Waals surface area contributed by atoms with Gasteiger partial charge in [0.05, 0.1) is 12.0 Å². The van der Waals surface area contributed by atoms with E-state index in [1.54, 1.807) is 18.0 Å². The molecule has 0 radical (unpaired) electrons. The summed E-state index contributed by atoms with van der Waals surface area (Å²) in [4.78, 5) is 38.4. The molecule has 1 saturated heterocycles. The van der Waals surface area contributed by atoms with Crippen molar-refractivity contribution in [1.29, 1.82) is 5.26 Å². The van der Waals surface area contributed by atoms with Gasteiger partial charge in [-0.25, -0.2) is 18.7 Å². The van der Waals surface area contributed by atoms with Crippen molar-refractivity contribution in [1.82, 2.24) is 19.4 Å². The molecule has 6 rings (SSSR count). The first-order valence-corrected chi connectivity index (χ1v) is 14.0. The molecular formula is C30H32F2N6O2. The highest BCUT2D eigenvalue weighted by Crippen LogP contribution is 2.48. The van der Waals surface area contributed by atoms with Crippen LogP contribution in [-0.2, 0) is 28.1 Å². The Hall–Kier alpha value is -3.87. The first kappa shape index (κ1) is 26.4. The number of alkyl halides is 2. The van der Waals surface area contributed by atoms with E-state index in [9.17, 15) is 23.6 Å². The van der Waals surface area contributed by atoms with Gasteiger partial charge in [0.25, 0.3) is 0 Å². The summed E-state index contributed by atoms with van der Waals surface area (Å²) in [6.45, 7) is 3.51. The average molecular weight is 547 g/mol. The quantitative estimate of drug-likeness (QED) is 0.452. The van der Waals surface area contributed by atoms with E-state index >= 15 is 0 Å². The van der Waals surface area contributed by atoms with E-state index in [2.05, 4.69) is 9.97 Å². The summed E-state index contributed by atoms with van der Waals surface area (Å²) in [6.07, 6.45) is 4.29. The minimum absolute atomic E-state index is 0.0227. The average Bonchev–Trinajstić information content (AvgIpc) is 3.40. The Morgan fingerprint density at radius 3 is 2.58 bits per heavy atom. The Labute approximate surface area is 231 Å². The molecule has 3 aliphatic rings. The molecule has 0 N–H and O–H groups in total. The summed E-state index contributed by atoms with van der Waals surface area (Å²) in [5.41, 5.74) is 2.69. The lowest BCUT2D eigenvalue weighted by atomic mass is 9.73. The van der Waals surface area contributed by atoms with Crippen LogP contribution in [0.3, 0.4) is 0 Å². The smallest absolute Gasteiger partial charge is 0.248 e. The lowest BCUT2D eigenvalue weighted by molar-refractivity contribution is -0.133. The van der Waals surface area contributed by atoms with Crippen LogP contribution in [0.1, 0.15) is 69.0 Å². The number of carbonyl (C=O) groups is 2. The number of rotatable bonds is 5. The number of nitriles is 1. The Morgan fingerprint density at radius 1 is 1.15 bits per heavy atom. The number of amides is 2. The molecule has 2 aromatic heterocycles. The number of halogens is 2. The van der Waals surface area contributed by atoms with E-state index in [0.29, 0.717) is 63.9 Å². The normalized spacial score (nSPS) is 20.2. The Morgan fingerprint density at radius 2 is 1.88 bits per heavy atom. The molecule has 8 nitrogen and oxygen atoms in total. The van der Waals surface area contributed by atoms with Crippen LogP contribution in [0.5, 0.6) is 0 Å². The highest BCUT2D eigenvalue weighted by Gasteiger charge is 2.52. The maximum absolute atomic E-state index is 14.2. The summed E-state index contributed by atoms with van der Waals surface area (Å²) < 4.78 is 29.5. The predicted octanol–water partition coefficient (Wildman–Crippen LogP) is 4.95. The molecule has 40 heavy (non-hydrogen) atoms. The van der Waals surface area contributed by atoms with E-state index < -0.39 is 11.3 Å². The third-order valence-electron chi connectivity index (χ3n) is 9.17. The lowest BCUT2D eigenvalue weighted by Gasteiger charge is -2.38. The van der Waals surface area contributed by atoms with Crippen molar-refractivity contribution in [2.24, 2.45) is 5.92 Å². The number of piperidine rings is 1. The molecular weight excluding hydrogens is 514 g/mol. The fraction of sp³-hybridized carbons (Fsp3) is 0.500. The number of likely N-dealkylation sites (tertiary alicyclic amines) is 1. The molecule has 2 aliphatic heterocycles. The third-order valence-corrected chi connectivity index (χ3v) is 9.17. The van der Waals surface area contributed by atoms with Gasteiger partial charge in [0.1, 0.15) is 11.7 Å². The maximum atomic E-state index is 14.2. The molecule has 2 fully saturated rings. The molecule has 0 atom stereocenters. The first-order valence-electron chi connectivity index (χ1n) is 14.0. The van der Waals surface area contributed by atoms with E-state index in [-0.39, 0.29) is 36.4 Å². The number of fused-ring (bicyclic) bond motifs is 3. The zero-order chi connectivity index (χ0) is 28.1. The largest absolute Gasteiger partial charge is 0.343 e. The third kappa shape index (κ3) is 4.51. The number of aromatic nitrogens is 3. The number of carbonyl (C=O) groups excluding carboxylic acids is 2. The van der Waals surface area contributed by atoms with Crippen LogP contribution in [0.4, 0.5) is 14.5 Å². The van der Waals surface area contributed by atoms with Crippen molar-refractivity contribution in [2.75, 3.05) is 18.0 Å². The van der Waals surface area contributed by atoms with Crippen LogP contribution in [0, 0.1) is 17.2 Å². The lowest BCUT2D eigenvalue weighted by Crippen LogP contribution is -2.49. The summed E-state index contributed by atoms with van der Waals surface area (Å²) in [5.74, 6) is -2.27. The van der Waals surface area contributed by atoms with Crippen LogP contribution in [-0.4, -0.2) is 50.3 Å². The highest BCUT2D eigenvalue weighted by atomic mass is 19.3. The highest BCUT2D eigenvalue weighted by molar-refractivity contribution is 6.08. The summed E-state index contributed by atoms with van der Waals surface area (Å²) >= 11 is 0. The summed E-state index contributed by atoms with van der Waals surface area (Å²) in [6, 6.07) is 11.9. The van der Waals surface area contributed by atoms with Crippen LogP contribution >= 0.6 is 0 Å². The van der Waals surface area contributed by atoms with Gasteiger partial charge in [-0.15, -0.1) is 0 Å². The number of hydrogen-bond acceptors (Lipinski definition) is 5. The van der Waals surface area contributed by atoms with Crippen LogP contribution in [0.2, 0.25) is 0 Å². The molecule has 208 valence electrons. The predicted molar refractivity (Wildman–Crippen MR) is 145 cm³/mol. The molecule has 1 aromatic carbocycles. The standard InChI is InChI=1S/C30H32F2N6O2/c1-20(39)36-14-11-29(12-15-36)24-4-2-3-5-25(24)38(28(29)40)19-23-16-22-18-34-26(17-33)35-27(22)37(23)13-8-21-6-9-30(31,32)10-7-21/h2-5,16,18,21H,6-15,19H2,1H3. The number of aryl methyl sites for hydroxylation is 1. The second-order valence-electron chi connectivity index (χ2n) is 11.5. The van der Waals surface area contributed by atoms with Gasteiger partial charge >= 0.3 is 0 Å². The van der Waals surface area contributed by atoms with Crippen molar-refractivity contribution in [3.63, 3.8) is 0 Å². The van der Waals surface area contributed by atoms with Gasteiger partial charge in [-0.05, 0) is 55.7 Å². The van der Waals surface area contributed by atoms with E-state index in [1.165, 1.54) is 0 Å².